The number of non-ortho nitro benzene ring substituents is 1. The predicted octanol–water partition coefficient (Wildman–Crippen LogP) is 6.18. The van der Waals surface area contributed by atoms with E-state index in [1.165, 1.54) is 30.5 Å². The molecular weight excluding hydrogens is 542 g/mol. The van der Waals surface area contributed by atoms with E-state index in [1.807, 2.05) is 30.3 Å². The third-order valence-corrected chi connectivity index (χ3v) is 5.88. The zero-order valence-electron chi connectivity index (χ0n) is 19.8. The Morgan fingerprint density at radius 2 is 1.97 bits per heavy atom. The fourth-order valence-corrected chi connectivity index (χ4v) is 3.86. The van der Waals surface area contributed by atoms with Crippen LogP contribution in [-0.4, -0.2) is 24.2 Å². The number of nitro benzene ring substituents is 1. The molecule has 0 spiro atoms. The third-order valence-electron chi connectivity index (χ3n) is 5.35. The molecule has 1 N–H and O–H groups in total. The van der Waals surface area contributed by atoms with Crippen molar-refractivity contribution in [3.05, 3.63) is 110 Å². The van der Waals surface area contributed by atoms with Crippen molar-refractivity contribution < 1.29 is 23.6 Å². The van der Waals surface area contributed by atoms with Crippen molar-refractivity contribution in [1.82, 2.24) is 5.43 Å². The fraction of sp³-hybridized carbons (Fsp3) is 0.111. The maximum absolute atomic E-state index is 12.5. The molecule has 0 saturated heterocycles. The van der Waals surface area contributed by atoms with E-state index < -0.39 is 10.8 Å². The first-order valence-corrected chi connectivity index (χ1v) is 11.9. The Morgan fingerprint density at radius 3 is 2.68 bits per heavy atom. The highest BCUT2D eigenvalue weighted by Gasteiger charge is 2.15. The van der Waals surface area contributed by atoms with Gasteiger partial charge in [-0.15, -0.1) is 6.58 Å². The Kier molecular flexibility index (Phi) is 7.99. The lowest BCUT2D eigenvalue weighted by molar-refractivity contribution is -0.384. The van der Waals surface area contributed by atoms with Gasteiger partial charge in [0.25, 0.3) is 5.69 Å². The standard InChI is InChI=1S/C27H22BrN3O6/c1-3-4-19-11-18(12-24(35-2)26(19)36-16-17-5-7-21(28)8-6-17)15-29-30-27(32)25-14-20-13-22(31(33)34)9-10-23(20)37-25/h3,5-15H,1,4,16H2,2H3,(H,30,32)/b29-15+. The van der Waals surface area contributed by atoms with Gasteiger partial charge >= 0.3 is 5.91 Å². The number of carbonyl (C=O) groups is 1. The van der Waals surface area contributed by atoms with Gasteiger partial charge in [0.05, 0.1) is 18.2 Å². The van der Waals surface area contributed by atoms with Crippen LogP contribution < -0.4 is 14.9 Å². The Bertz CT molecular complexity index is 1490. The molecule has 4 rings (SSSR count). The number of amides is 1. The molecule has 0 unspecified atom stereocenters. The Labute approximate surface area is 220 Å². The van der Waals surface area contributed by atoms with Gasteiger partial charge in [-0.25, -0.2) is 5.43 Å². The average molecular weight is 564 g/mol. The molecule has 9 nitrogen and oxygen atoms in total. The smallest absolute Gasteiger partial charge is 0.307 e. The van der Waals surface area contributed by atoms with Crippen molar-refractivity contribution >= 4 is 44.7 Å². The van der Waals surface area contributed by atoms with Crippen LogP contribution in [0.2, 0.25) is 0 Å². The summed E-state index contributed by atoms with van der Waals surface area (Å²) in [5, 5.41) is 15.4. The molecule has 0 radical (unpaired) electrons. The number of nitrogens with zero attached hydrogens (tertiary/aromatic N) is 2. The second-order valence-electron chi connectivity index (χ2n) is 7.91. The molecule has 1 amide bonds. The summed E-state index contributed by atoms with van der Waals surface area (Å²) in [5.41, 5.74) is 5.20. The summed E-state index contributed by atoms with van der Waals surface area (Å²) in [5.74, 6) is 0.503. The van der Waals surface area contributed by atoms with Crippen molar-refractivity contribution in [2.24, 2.45) is 5.10 Å². The number of nitro groups is 1. The minimum Gasteiger partial charge on any atom is -0.493 e. The monoisotopic (exact) mass is 563 g/mol. The van der Waals surface area contributed by atoms with Gasteiger partial charge in [0.2, 0.25) is 0 Å². The zero-order valence-corrected chi connectivity index (χ0v) is 21.4. The number of methoxy groups -OCH3 is 1. The van der Waals surface area contributed by atoms with Crippen LogP contribution in [0.4, 0.5) is 5.69 Å². The second-order valence-corrected chi connectivity index (χ2v) is 8.82. The number of rotatable bonds is 10. The molecule has 4 aromatic rings. The Morgan fingerprint density at radius 1 is 1.19 bits per heavy atom. The van der Waals surface area contributed by atoms with E-state index in [9.17, 15) is 14.9 Å². The quantitative estimate of drug-likeness (QED) is 0.106. The predicted molar refractivity (Wildman–Crippen MR) is 143 cm³/mol. The topological polar surface area (TPSA) is 116 Å². The summed E-state index contributed by atoms with van der Waals surface area (Å²) >= 11 is 3.42. The first-order valence-electron chi connectivity index (χ1n) is 11.1. The van der Waals surface area contributed by atoms with E-state index in [2.05, 4.69) is 33.0 Å². The van der Waals surface area contributed by atoms with Gasteiger partial charge in [-0.05, 0) is 53.9 Å². The molecule has 1 heterocycles. The number of hydrazone groups is 1. The number of ether oxygens (including phenoxy) is 2. The molecule has 0 bridgehead atoms. The van der Waals surface area contributed by atoms with Crippen molar-refractivity contribution in [1.29, 1.82) is 0 Å². The number of allylic oxidation sites excluding steroid dienone is 1. The maximum Gasteiger partial charge on any atom is 0.307 e. The molecular formula is C27H22BrN3O6. The number of hydrogen-bond acceptors (Lipinski definition) is 7. The van der Waals surface area contributed by atoms with Gasteiger partial charge < -0.3 is 13.9 Å². The van der Waals surface area contributed by atoms with Crippen LogP contribution in [0.25, 0.3) is 11.0 Å². The molecule has 3 aromatic carbocycles. The summed E-state index contributed by atoms with van der Waals surface area (Å²) < 4.78 is 18.1. The summed E-state index contributed by atoms with van der Waals surface area (Å²) in [7, 11) is 1.55. The number of halogens is 1. The minimum absolute atomic E-state index is 0.0192. The second kappa shape index (κ2) is 11.5. The summed E-state index contributed by atoms with van der Waals surface area (Å²) in [4.78, 5) is 22.9. The van der Waals surface area contributed by atoms with Gasteiger partial charge in [-0.3, -0.25) is 14.9 Å². The van der Waals surface area contributed by atoms with E-state index in [0.29, 0.717) is 41.1 Å². The van der Waals surface area contributed by atoms with Crippen LogP contribution >= 0.6 is 15.9 Å². The fourth-order valence-electron chi connectivity index (χ4n) is 3.59. The van der Waals surface area contributed by atoms with Crippen LogP contribution in [0.3, 0.4) is 0 Å². The zero-order chi connectivity index (χ0) is 26.4. The molecule has 0 fully saturated rings. The molecule has 0 aliphatic rings. The lowest BCUT2D eigenvalue weighted by Gasteiger charge is -2.16. The molecule has 1 aromatic heterocycles. The van der Waals surface area contributed by atoms with Crippen molar-refractivity contribution in [2.45, 2.75) is 13.0 Å². The van der Waals surface area contributed by atoms with Crippen molar-refractivity contribution in [3.8, 4) is 11.5 Å². The molecule has 188 valence electrons. The summed E-state index contributed by atoms with van der Waals surface area (Å²) in [6.45, 7) is 4.18. The average Bonchev–Trinajstić information content (AvgIpc) is 3.32. The lowest BCUT2D eigenvalue weighted by atomic mass is 10.1. The summed E-state index contributed by atoms with van der Waals surface area (Å²) in [6, 6.07) is 17.0. The number of fused-ring (bicyclic) bond motifs is 1. The van der Waals surface area contributed by atoms with E-state index >= 15 is 0 Å². The van der Waals surface area contributed by atoms with Gasteiger partial charge in [0.1, 0.15) is 12.2 Å². The first kappa shape index (κ1) is 25.6. The van der Waals surface area contributed by atoms with E-state index in [1.54, 1.807) is 19.3 Å². The van der Waals surface area contributed by atoms with Crippen LogP contribution in [0.15, 0.2) is 87.3 Å². The van der Waals surface area contributed by atoms with Gasteiger partial charge in [0, 0.05) is 27.6 Å². The van der Waals surface area contributed by atoms with Crippen LogP contribution in [0, 0.1) is 10.1 Å². The van der Waals surface area contributed by atoms with Gasteiger partial charge in [-0.2, -0.15) is 5.10 Å². The van der Waals surface area contributed by atoms with E-state index in [0.717, 1.165) is 15.6 Å². The highest BCUT2D eigenvalue weighted by Crippen LogP contribution is 2.34. The highest BCUT2D eigenvalue weighted by atomic mass is 79.9. The number of hydrogen-bond donors (Lipinski definition) is 1. The molecule has 37 heavy (non-hydrogen) atoms. The van der Waals surface area contributed by atoms with Crippen LogP contribution in [-0.2, 0) is 13.0 Å². The van der Waals surface area contributed by atoms with Crippen LogP contribution in [0.1, 0.15) is 27.2 Å². The molecule has 10 heteroatoms. The van der Waals surface area contributed by atoms with Gasteiger partial charge in [-0.1, -0.05) is 34.1 Å². The third kappa shape index (κ3) is 6.22. The molecule has 0 saturated carbocycles. The number of carbonyl (C=O) groups excluding carboxylic acids is 1. The van der Waals surface area contributed by atoms with E-state index in [-0.39, 0.29) is 11.4 Å². The maximum atomic E-state index is 12.5. The first-order chi connectivity index (χ1) is 17.9. The Hall–Kier alpha value is -4.44. The number of furan rings is 1. The highest BCUT2D eigenvalue weighted by molar-refractivity contribution is 9.10. The summed E-state index contributed by atoms with van der Waals surface area (Å²) in [6.07, 6.45) is 3.76. The largest absolute Gasteiger partial charge is 0.493 e. The normalized spacial score (nSPS) is 11.0. The number of nitrogens with one attached hydrogen (secondary N) is 1. The molecule has 0 aliphatic heterocycles. The molecule has 0 atom stereocenters. The minimum atomic E-state index is -0.595. The van der Waals surface area contributed by atoms with Crippen LogP contribution in [0.5, 0.6) is 11.5 Å². The SMILES string of the molecule is C=CCc1cc(/C=N/NC(=O)c2cc3cc([N+](=O)[O-])ccc3o2)cc(OC)c1OCc1ccc(Br)cc1. The Balaban J connectivity index is 1.49. The van der Waals surface area contributed by atoms with Crippen molar-refractivity contribution in [2.75, 3.05) is 7.11 Å². The van der Waals surface area contributed by atoms with Gasteiger partial charge in [0.15, 0.2) is 17.3 Å². The molecule has 0 aliphatic carbocycles. The lowest BCUT2D eigenvalue weighted by Crippen LogP contribution is -2.16. The van der Waals surface area contributed by atoms with E-state index in [4.69, 9.17) is 13.9 Å². The number of benzene rings is 3. The van der Waals surface area contributed by atoms with Crippen molar-refractivity contribution in [3.63, 3.8) is 0 Å².